The van der Waals surface area contributed by atoms with Crippen LogP contribution in [0.4, 0.5) is 4.39 Å². The van der Waals surface area contributed by atoms with Crippen molar-refractivity contribution in [3.63, 3.8) is 0 Å². The molecule has 4 nitrogen and oxygen atoms in total. The van der Waals surface area contributed by atoms with Gasteiger partial charge in [-0.2, -0.15) is 0 Å². The Morgan fingerprint density at radius 2 is 1.69 bits per heavy atom. The van der Waals surface area contributed by atoms with Gasteiger partial charge in [-0.25, -0.2) is 4.39 Å². The number of halogens is 1. The van der Waals surface area contributed by atoms with Gasteiger partial charge in [-0.05, 0) is 17.7 Å². The smallest absolute Gasteiger partial charge is 0.260 e. The van der Waals surface area contributed by atoms with Gasteiger partial charge in [0.15, 0.2) is 18.2 Å². The van der Waals surface area contributed by atoms with E-state index in [1.54, 1.807) is 17.0 Å². The van der Waals surface area contributed by atoms with Gasteiger partial charge in [0.05, 0.1) is 0 Å². The molecule has 2 aromatic carbocycles. The van der Waals surface area contributed by atoms with Gasteiger partial charge in [0.25, 0.3) is 5.91 Å². The first-order valence-corrected chi connectivity index (χ1v) is 8.81. The Balaban J connectivity index is 1.39. The number of rotatable bonds is 6. The highest BCUT2D eigenvalue weighted by Gasteiger charge is 2.21. The van der Waals surface area contributed by atoms with E-state index in [1.807, 2.05) is 18.2 Å². The second-order valence-electron chi connectivity index (χ2n) is 6.21. The number of para-hydroxylation sites is 1. The molecule has 1 heterocycles. The lowest BCUT2D eigenvalue weighted by Crippen LogP contribution is -2.49. The zero-order valence-corrected chi connectivity index (χ0v) is 14.7. The number of carbonyl (C=O) groups excluding carboxylic acids is 1. The van der Waals surface area contributed by atoms with Crippen molar-refractivity contribution in [1.82, 2.24) is 9.80 Å². The second kappa shape index (κ2) is 9.15. The maximum absolute atomic E-state index is 13.5. The SMILES string of the molecule is O=C(COc1ccccc1F)N1CCN(C/C=C/c2ccccc2)CC1. The van der Waals surface area contributed by atoms with Crippen molar-refractivity contribution in [3.8, 4) is 5.75 Å². The third-order valence-electron chi connectivity index (χ3n) is 4.39. The first kappa shape index (κ1) is 18.1. The van der Waals surface area contributed by atoms with Crippen molar-refractivity contribution in [2.45, 2.75) is 0 Å². The highest BCUT2D eigenvalue weighted by Crippen LogP contribution is 2.15. The van der Waals surface area contributed by atoms with E-state index < -0.39 is 5.82 Å². The molecule has 26 heavy (non-hydrogen) atoms. The summed E-state index contributed by atoms with van der Waals surface area (Å²) in [7, 11) is 0. The van der Waals surface area contributed by atoms with Gasteiger partial charge >= 0.3 is 0 Å². The van der Waals surface area contributed by atoms with E-state index in [0.29, 0.717) is 13.1 Å². The maximum Gasteiger partial charge on any atom is 0.260 e. The van der Waals surface area contributed by atoms with Crippen LogP contribution < -0.4 is 4.74 Å². The predicted molar refractivity (Wildman–Crippen MR) is 100 cm³/mol. The minimum atomic E-state index is -0.449. The third kappa shape index (κ3) is 5.17. The average Bonchev–Trinajstić information content (AvgIpc) is 2.68. The van der Waals surface area contributed by atoms with Gasteiger partial charge < -0.3 is 9.64 Å². The van der Waals surface area contributed by atoms with Crippen molar-refractivity contribution < 1.29 is 13.9 Å². The third-order valence-corrected chi connectivity index (χ3v) is 4.39. The van der Waals surface area contributed by atoms with Gasteiger partial charge in [-0.1, -0.05) is 54.6 Å². The van der Waals surface area contributed by atoms with Crippen LogP contribution in [0.3, 0.4) is 0 Å². The number of benzene rings is 2. The highest BCUT2D eigenvalue weighted by atomic mass is 19.1. The summed E-state index contributed by atoms with van der Waals surface area (Å²) in [4.78, 5) is 16.3. The fraction of sp³-hybridized carbons (Fsp3) is 0.286. The molecule has 0 saturated carbocycles. The van der Waals surface area contributed by atoms with Crippen LogP contribution in [0, 0.1) is 5.82 Å². The Labute approximate surface area is 153 Å². The number of piperazine rings is 1. The summed E-state index contributed by atoms with van der Waals surface area (Å²) in [5.41, 5.74) is 1.19. The summed E-state index contributed by atoms with van der Waals surface area (Å²) in [5.74, 6) is -0.436. The number of hydrogen-bond acceptors (Lipinski definition) is 3. The van der Waals surface area contributed by atoms with Crippen LogP contribution in [0.1, 0.15) is 5.56 Å². The zero-order valence-electron chi connectivity index (χ0n) is 14.7. The molecule has 1 aliphatic heterocycles. The minimum Gasteiger partial charge on any atom is -0.481 e. The van der Waals surface area contributed by atoms with Crippen LogP contribution in [0.15, 0.2) is 60.7 Å². The quantitative estimate of drug-likeness (QED) is 0.799. The van der Waals surface area contributed by atoms with Crippen LogP contribution >= 0.6 is 0 Å². The van der Waals surface area contributed by atoms with Crippen LogP contribution in [-0.2, 0) is 4.79 Å². The number of amides is 1. The van der Waals surface area contributed by atoms with Gasteiger partial charge in [0, 0.05) is 32.7 Å². The summed E-state index contributed by atoms with van der Waals surface area (Å²) in [5, 5.41) is 0. The monoisotopic (exact) mass is 354 g/mol. The molecule has 1 aliphatic rings. The Kier molecular flexibility index (Phi) is 6.39. The maximum atomic E-state index is 13.5. The average molecular weight is 354 g/mol. The molecule has 1 amide bonds. The lowest BCUT2D eigenvalue weighted by Gasteiger charge is -2.34. The van der Waals surface area contributed by atoms with Crippen LogP contribution in [0.25, 0.3) is 6.08 Å². The molecule has 0 bridgehead atoms. The fourth-order valence-electron chi connectivity index (χ4n) is 2.87. The topological polar surface area (TPSA) is 32.8 Å². The molecule has 0 aliphatic carbocycles. The lowest BCUT2D eigenvalue weighted by molar-refractivity contribution is -0.135. The summed E-state index contributed by atoms with van der Waals surface area (Å²) in [6.07, 6.45) is 4.26. The van der Waals surface area contributed by atoms with Gasteiger partial charge in [-0.15, -0.1) is 0 Å². The number of nitrogens with zero attached hydrogens (tertiary/aromatic N) is 2. The van der Waals surface area contributed by atoms with Crippen molar-refractivity contribution in [3.05, 3.63) is 72.1 Å². The first-order chi connectivity index (χ1) is 12.7. The Hall–Kier alpha value is -2.66. The van der Waals surface area contributed by atoms with E-state index in [0.717, 1.165) is 19.6 Å². The van der Waals surface area contributed by atoms with Gasteiger partial charge in [0.2, 0.25) is 0 Å². The van der Waals surface area contributed by atoms with E-state index >= 15 is 0 Å². The van der Waals surface area contributed by atoms with Crippen LogP contribution in [-0.4, -0.2) is 55.0 Å². The molecular weight excluding hydrogens is 331 g/mol. The Bertz CT molecular complexity index is 741. The number of hydrogen-bond donors (Lipinski definition) is 0. The van der Waals surface area contributed by atoms with Crippen LogP contribution in [0.5, 0.6) is 5.75 Å². The van der Waals surface area contributed by atoms with E-state index in [1.165, 1.54) is 17.7 Å². The zero-order chi connectivity index (χ0) is 18.2. The molecule has 0 radical (unpaired) electrons. The molecule has 1 saturated heterocycles. The molecule has 3 rings (SSSR count). The molecule has 136 valence electrons. The predicted octanol–water partition coefficient (Wildman–Crippen LogP) is 3.06. The molecular formula is C21H23FN2O2. The molecule has 0 atom stereocenters. The normalized spacial score (nSPS) is 15.3. The lowest BCUT2D eigenvalue weighted by atomic mass is 10.2. The molecule has 0 N–H and O–H groups in total. The molecule has 0 unspecified atom stereocenters. The van der Waals surface area contributed by atoms with Crippen molar-refractivity contribution in [1.29, 1.82) is 0 Å². The first-order valence-electron chi connectivity index (χ1n) is 8.81. The van der Waals surface area contributed by atoms with Crippen molar-refractivity contribution in [2.75, 3.05) is 39.3 Å². The summed E-state index contributed by atoms with van der Waals surface area (Å²) in [6.45, 7) is 3.71. The fourth-order valence-corrected chi connectivity index (χ4v) is 2.87. The Morgan fingerprint density at radius 1 is 1.00 bits per heavy atom. The number of carbonyl (C=O) groups is 1. The number of ether oxygens (including phenoxy) is 1. The van der Waals surface area contributed by atoms with E-state index in [-0.39, 0.29) is 18.3 Å². The standard InChI is InChI=1S/C21H23FN2O2/c22-19-10-4-5-11-20(19)26-17-21(25)24-15-13-23(14-16-24)12-6-9-18-7-2-1-3-8-18/h1-11H,12-17H2/b9-6+. The van der Waals surface area contributed by atoms with E-state index in [9.17, 15) is 9.18 Å². The van der Waals surface area contributed by atoms with Crippen molar-refractivity contribution >= 4 is 12.0 Å². The Morgan fingerprint density at radius 3 is 2.42 bits per heavy atom. The summed E-state index contributed by atoms with van der Waals surface area (Å²) < 4.78 is 18.8. The minimum absolute atomic E-state index is 0.104. The second-order valence-corrected chi connectivity index (χ2v) is 6.21. The van der Waals surface area contributed by atoms with Crippen molar-refractivity contribution in [2.24, 2.45) is 0 Å². The van der Waals surface area contributed by atoms with E-state index in [4.69, 9.17) is 4.74 Å². The van der Waals surface area contributed by atoms with Crippen LogP contribution in [0.2, 0.25) is 0 Å². The van der Waals surface area contributed by atoms with Gasteiger partial charge in [0.1, 0.15) is 0 Å². The molecule has 1 fully saturated rings. The summed E-state index contributed by atoms with van der Waals surface area (Å²) >= 11 is 0. The largest absolute Gasteiger partial charge is 0.481 e. The van der Waals surface area contributed by atoms with E-state index in [2.05, 4.69) is 29.2 Å². The summed E-state index contributed by atoms with van der Waals surface area (Å²) in [6, 6.07) is 16.3. The molecule has 0 aromatic heterocycles. The molecule has 0 spiro atoms. The molecule has 5 heteroatoms. The molecule has 2 aromatic rings. The highest BCUT2D eigenvalue weighted by molar-refractivity contribution is 5.77. The van der Waals surface area contributed by atoms with Gasteiger partial charge in [-0.3, -0.25) is 9.69 Å².